The lowest BCUT2D eigenvalue weighted by Crippen LogP contribution is -2.55. The van der Waals surface area contributed by atoms with Crippen molar-refractivity contribution >= 4 is 29.3 Å². The Morgan fingerprint density at radius 1 is 0.694 bits per heavy atom. The summed E-state index contributed by atoms with van der Waals surface area (Å²) in [4.78, 5) is 71.2. The fourth-order valence-electron chi connectivity index (χ4n) is 9.41. The number of ether oxygens (including phenoxy) is 8. The first kappa shape index (κ1) is 48.3. The Morgan fingerprint density at radius 2 is 1.13 bits per heavy atom. The zero-order valence-electron chi connectivity index (χ0n) is 37.7. The molecule has 19 heteroatoms. The molecule has 0 aliphatic carbocycles. The van der Waals surface area contributed by atoms with Gasteiger partial charge in [0.25, 0.3) is 11.8 Å². The summed E-state index contributed by atoms with van der Waals surface area (Å²) in [6, 6.07) is 0. The molecule has 0 saturated carbocycles. The molecule has 7 aliphatic heterocycles. The minimum atomic E-state index is -0.750. The first-order chi connectivity index (χ1) is 29.2. The highest BCUT2D eigenvalue weighted by Gasteiger charge is 2.56. The summed E-state index contributed by atoms with van der Waals surface area (Å²) in [5.41, 5.74) is 5.51. The minimum Gasteiger partial charge on any atom is -0.353 e. The largest absolute Gasteiger partial charge is 0.353 e. The van der Waals surface area contributed by atoms with Crippen molar-refractivity contribution < 1.29 is 61.9 Å². The van der Waals surface area contributed by atoms with Crippen molar-refractivity contribution in [2.24, 2.45) is 5.73 Å². The molecule has 9 atom stereocenters. The number of piperidine rings is 2. The molecule has 3 N–H and O–H groups in total. The normalized spacial score (nSPS) is 33.9. The van der Waals surface area contributed by atoms with Crippen LogP contribution in [0, 0.1) is 6.57 Å². The Kier molecular flexibility index (Phi) is 15.2. The van der Waals surface area contributed by atoms with Gasteiger partial charge in [-0.15, -0.1) is 0 Å². The Bertz CT molecular complexity index is 1690. The summed E-state index contributed by atoms with van der Waals surface area (Å²) in [6.07, 6.45) is 1.71. The number of nitrogens with zero attached hydrogens (tertiary/aromatic N) is 4. The monoisotopic (exact) mass is 876 g/mol. The predicted molar refractivity (Wildman–Crippen MR) is 219 cm³/mol. The molecular weight excluding hydrogens is 809 g/mol. The van der Waals surface area contributed by atoms with Crippen LogP contribution in [0.3, 0.4) is 0 Å². The van der Waals surface area contributed by atoms with Crippen LogP contribution in [0.2, 0.25) is 0 Å². The first-order valence-electron chi connectivity index (χ1n) is 22.1. The number of nitrogens with two attached hydrogens (primary N) is 1. The molecule has 7 fully saturated rings. The molecule has 348 valence electrons. The maximum atomic E-state index is 12.8. The standard InChI is InChI=1S/C25H38N4O7.C18H30N2O6/c1-24(2)35-20-17(34-23(33-5)21(20)36-24)9-8-16(30)22(32)28-13-10-25(3,11-14-28)27-15-19(31)29-12-6-7-18(29)26-4;1-17(2)25-13-12(24-16(23-4)14(13)26-17)6-5-11(21)15(22)20-9-7-18(3,19)8-10-20/h17-18,20-21,23,27H,6-15H2,1-3,5H3;12-14,16H,5-10,19H2,1-4H3/t17-,18+,20-,21-,23-;12-,13-,14-,16-/m11/s1. The minimum absolute atomic E-state index is 0.0597. The highest BCUT2D eigenvalue weighted by Crippen LogP contribution is 2.41. The highest BCUT2D eigenvalue weighted by atomic mass is 16.8. The Balaban J connectivity index is 0.000000218. The second-order valence-electron chi connectivity index (χ2n) is 19.1. The fourth-order valence-corrected chi connectivity index (χ4v) is 9.41. The summed E-state index contributed by atoms with van der Waals surface area (Å²) in [6.45, 7) is 21.3. The molecule has 0 aromatic rings. The van der Waals surface area contributed by atoms with Crippen molar-refractivity contribution in [1.82, 2.24) is 20.0 Å². The van der Waals surface area contributed by atoms with Gasteiger partial charge in [-0.3, -0.25) is 33.7 Å². The van der Waals surface area contributed by atoms with Gasteiger partial charge < -0.3 is 58.7 Å². The maximum absolute atomic E-state index is 12.8. The Morgan fingerprint density at radius 3 is 1.56 bits per heavy atom. The summed E-state index contributed by atoms with van der Waals surface area (Å²) in [7, 11) is 3.09. The highest BCUT2D eigenvalue weighted by molar-refractivity contribution is 6.36. The molecular formula is C43H68N6O13. The Labute approximate surface area is 365 Å². The molecule has 0 bridgehead atoms. The van der Waals surface area contributed by atoms with Gasteiger partial charge >= 0.3 is 6.17 Å². The number of methoxy groups -OCH3 is 2. The number of hydrogen-bond acceptors (Lipinski definition) is 15. The zero-order chi connectivity index (χ0) is 45.2. The average Bonchev–Trinajstić information content (AvgIpc) is 4.04. The van der Waals surface area contributed by atoms with Gasteiger partial charge in [0, 0.05) is 77.3 Å². The van der Waals surface area contributed by atoms with E-state index in [0.717, 1.165) is 12.8 Å². The summed E-state index contributed by atoms with van der Waals surface area (Å²) >= 11 is 0. The number of likely N-dealkylation sites (tertiary alicyclic amines) is 3. The SMILES string of the molecule is CO[C@@H]1O[C@H](CCC(=O)C(=O)N2CCC(C)(N)CC2)[C@H]2OC(C)(C)O[C@@H]12.[C-]#[N+][C@@H]1CCCN1C(=O)CNC1(C)CCN(C(=O)C(=O)CC[C@H]2O[C@@H](OC)[C@@H]3OC(C)(C)O[C@@H]32)CC1. The third kappa shape index (κ3) is 11.4. The Hall–Kier alpha value is -3.16. The number of rotatable bonds is 13. The number of ketones is 2. The smallest absolute Gasteiger partial charge is 0.300 e. The number of amides is 3. The zero-order valence-corrected chi connectivity index (χ0v) is 37.7. The molecule has 7 saturated heterocycles. The van der Waals surface area contributed by atoms with Crippen molar-refractivity contribution in [2.75, 3.05) is 53.5 Å². The predicted octanol–water partition coefficient (Wildman–Crippen LogP) is 1.63. The molecule has 0 unspecified atom stereocenters. The van der Waals surface area contributed by atoms with Crippen LogP contribution in [0.25, 0.3) is 4.85 Å². The summed E-state index contributed by atoms with van der Waals surface area (Å²) in [5, 5.41) is 3.34. The molecule has 7 heterocycles. The van der Waals surface area contributed by atoms with E-state index in [-0.39, 0.29) is 79.2 Å². The second-order valence-corrected chi connectivity index (χ2v) is 19.1. The quantitative estimate of drug-likeness (QED) is 0.199. The van der Waals surface area contributed by atoms with Gasteiger partial charge in [-0.1, -0.05) is 0 Å². The fraction of sp³-hybridized carbons (Fsp3) is 0.860. The number of fused-ring (bicyclic) bond motifs is 2. The number of Topliss-reactive ketones (excluding diaryl/α,β-unsaturated/α-hetero) is 2. The van der Waals surface area contributed by atoms with Gasteiger partial charge in [-0.05, 0) is 86.5 Å². The lowest BCUT2D eigenvalue weighted by atomic mass is 9.89. The molecule has 0 radical (unpaired) electrons. The van der Waals surface area contributed by atoms with Crippen molar-refractivity contribution in [1.29, 1.82) is 0 Å². The van der Waals surface area contributed by atoms with Crippen LogP contribution in [-0.2, 0) is 61.9 Å². The van der Waals surface area contributed by atoms with Crippen LogP contribution >= 0.6 is 0 Å². The maximum Gasteiger partial charge on any atom is 0.300 e. The number of carbonyl (C=O) groups is 5. The lowest BCUT2D eigenvalue weighted by molar-refractivity contribution is -0.227. The van der Waals surface area contributed by atoms with Crippen LogP contribution in [-0.4, -0.2) is 175 Å². The molecule has 0 aromatic carbocycles. The lowest BCUT2D eigenvalue weighted by Gasteiger charge is -2.40. The van der Waals surface area contributed by atoms with Gasteiger partial charge in [0.2, 0.25) is 17.5 Å². The van der Waals surface area contributed by atoms with E-state index >= 15 is 0 Å². The van der Waals surface area contributed by atoms with Crippen molar-refractivity contribution in [3.63, 3.8) is 0 Å². The number of carbonyl (C=O) groups excluding carboxylic acids is 5. The van der Waals surface area contributed by atoms with Gasteiger partial charge in [-0.2, -0.15) is 0 Å². The molecule has 62 heavy (non-hydrogen) atoms. The van der Waals surface area contributed by atoms with Crippen LogP contribution < -0.4 is 11.1 Å². The van der Waals surface area contributed by atoms with Gasteiger partial charge in [0.1, 0.15) is 24.4 Å². The van der Waals surface area contributed by atoms with E-state index in [2.05, 4.69) is 10.2 Å². The van der Waals surface area contributed by atoms with E-state index in [1.54, 1.807) is 28.9 Å². The molecule has 3 amide bonds. The van der Waals surface area contributed by atoms with Crippen LogP contribution in [0.5, 0.6) is 0 Å². The summed E-state index contributed by atoms with van der Waals surface area (Å²) < 4.78 is 45.9. The number of nitrogens with one attached hydrogen (secondary N) is 1. The summed E-state index contributed by atoms with van der Waals surface area (Å²) in [5.74, 6) is -3.27. The van der Waals surface area contributed by atoms with Crippen LogP contribution in [0.4, 0.5) is 0 Å². The molecule has 7 aliphatic rings. The van der Waals surface area contributed by atoms with E-state index in [0.29, 0.717) is 71.2 Å². The average molecular weight is 877 g/mol. The van der Waals surface area contributed by atoms with Crippen molar-refractivity contribution in [3.8, 4) is 0 Å². The van der Waals surface area contributed by atoms with E-state index < -0.39 is 47.5 Å². The third-order valence-corrected chi connectivity index (χ3v) is 13.2. The van der Waals surface area contributed by atoms with Crippen LogP contribution in [0.15, 0.2) is 0 Å². The van der Waals surface area contributed by atoms with E-state index in [9.17, 15) is 24.0 Å². The topological polar surface area (TPSA) is 211 Å². The third-order valence-electron chi connectivity index (χ3n) is 13.2. The molecule has 0 spiro atoms. The van der Waals surface area contributed by atoms with Gasteiger partial charge in [0.15, 0.2) is 24.2 Å². The van der Waals surface area contributed by atoms with Gasteiger partial charge in [0.05, 0.1) is 18.8 Å². The van der Waals surface area contributed by atoms with E-state index in [1.807, 2.05) is 41.5 Å². The first-order valence-corrected chi connectivity index (χ1v) is 22.1. The molecule has 0 aromatic heterocycles. The number of hydrogen-bond donors (Lipinski definition) is 2. The van der Waals surface area contributed by atoms with Crippen molar-refractivity contribution in [3.05, 3.63) is 11.4 Å². The van der Waals surface area contributed by atoms with Crippen LogP contribution in [0.1, 0.15) is 106 Å². The van der Waals surface area contributed by atoms with E-state index in [1.165, 1.54) is 0 Å². The van der Waals surface area contributed by atoms with E-state index in [4.69, 9.17) is 50.2 Å². The van der Waals surface area contributed by atoms with Gasteiger partial charge in [-0.25, -0.2) is 6.57 Å². The second kappa shape index (κ2) is 19.5. The molecule has 19 nitrogen and oxygen atoms in total. The molecule has 7 rings (SSSR count). The van der Waals surface area contributed by atoms with Crippen molar-refractivity contribution in [2.45, 2.75) is 184 Å².